The number of para-hydroxylation sites is 2. The number of allylic oxidation sites excluding steroid dienone is 2. The molecule has 4 rings (SSSR count). The number of hydrogen-bond donors (Lipinski definition) is 2. The van der Waals surface area contributed by atoms with E-state index < -0.39 is 22.2 Å². The van der Waals surface area contributed by atoms with Gasteiger partial charge in [-0.05, 0) is 42.8 Å². The highest BCUT2D eigenvalue weighted by atomic mass is 32.2. The molecule has 0 spiro atoms. The van der Waals surface area contributed by atoms with E-state index in [-0.39, 0.29) is 16.2 Å². The molecule has 1 heterocycles. The normalized spacial score (nSPS) is 15.8. The van der Waals surface area contributed by atoms with Crippen LogP contribution in [0.3, 0.4) is 0 Å². The monoisotopic (exact) mass is 466 g/mol. The summed E-state index contributed by atoms with van der Waals surface area (Å²) in [6, 6.07) is 14.9. The van der Waals surface area contributed by atoms with E-state index in [0.717, 1.165) is 22.4 Å². The van der Waals surface area contributed by atoms with Crippen LogP contribution in [0.4, 0.5) is 0 Å². The van der Waals surface area contributed by atoms with E-state index in [2.05, 4.69) is 9.97 Å². The molecular weight excluding hydrogens is 448 g/mol. The van der Waals surface area contributed by atoms with Crippen LogP contribution in [0.15, 0.2) is 72.0 Å². The highest BCUT2D eigenvalue weighted by Gasteiger charge is 2.29. The zero-order valence-corrected chi connectivity index (χ0v) is 18.5. The summed E-state index contributed by atoms with van der Waals surface area (Å²) >= 11 is 5.56. The van der Waals surface area contributed by atoms with E-state index in [1.807, 2.05) is 36.4 Å². The molecule has 1 aliphatic rings. The van der Waals surface area contributed by atoms with Crippen molar-refractivity contribution in [1.82, 2.24) is 9.97 Å². The van der Waals surface area contributed by atoms with Gasteiger partial charge in [0.25, 0.3) is 0 Å². The van der Waals surface area contributed by atoms with Crippen molar-refractivity contribution in [2.75, 3.05) is 0 Å². The number of benzene rings is 2. The average molecular weight is 467 g/mol. The summed E-state index contributed by atoms with van der Waals surface area (Å²) in [5.74, 6) is -0.922. The number of carboxylic acid groups (broad SMARTS) is 1. The number of aromatic amines is 1. The van der Waals surface area contributed by atoms with Crippen molar-refractivity contribution in [2.45, 2.75) is 13.3 Å². The molecule has 0 amide bonds. The Bertz CT molecular complexity index is 1390. The summed E-state index contributed by atoms with van der Waals surface area (Å²) in [5.41, 5.74) is 2.95. The number of hydrogen-bond acceptors (Lipinski definition) is 6. The molecule has 0 saturated carbocycles. The Morgan fingerprint density at radius 1 is 1.19 bits per heavy atom. The first kappa shape index (κ1) is 21.7. The molecule has 32 heavy (non-hydrogen) atoms. The first-order valence-corrected chi connectivity index (χ1v) is 11.1. The molecule has 1 aliphatic carbocycles. The lowest BCUT2D eigenvalue weighted by atomic mass is 9.94. The van der Waals surface area contributed by atoms with Crippen molar-refractivity contribution >= 4 is 49.2 Å². The number of aliphatic carboxylic acids is 1. The first-order valence-electron chi connectivity index (χ1n) is 9.66. The molecule has 0 aliphatic heterocycles. The van der Waals surface area contributed by atoms with Gasteiger partial charge in [0, 0.05) is 16.9 Å². The summed E-state index contributed by atoms with van der Waals surface area (Å²) in [6.07, 6.45) is 3.26. The third-order valence-corrected chi connectivity index (χ3v) is 6.38. The van der Waals surface area contributed by atoms with Gasteiger partial charge in [0.05, 0.1) is 15.9 Å². The molecule has 2 aromatic carbocycles. The zero-order valence-electron chi connectivity index (χ0n) is 16.9. The lowest BCUT2D eigenvalue weighted by Crippen LogP contribution is -2.27. The molecule has 0 radical (unpaired) electrons. The summed E-state index contributed by atoms with van der Waals surface area (Å²) in [7, 11) is -2.68. The SMILES string of the molecule is CC1=C(Oc2ccc(C(=S)Cc3nc4ccccc4[nH]3)cc2)C=CC(C(=O)O)C1=S(=O)=O. The van der Waals surface area contributed by atoms with Crippen LogP contribution in [-0.2, 0) is 21.5 Å². The third-order valence-electron chi connectivity index (χ3n) is 5.08. The number of fused-ring (bicyclic) bond motifs is 1. The number of H-pyrrole nitrogens is 1. The van der Waals surface area contributed by atoms with Crippen LogP contribution in [0.2, 0.25) is 0 Å². The average Bonchev–Trinajstić information content (AvgIpc) is 3.17. The van der Waals surface area contributed by atoms with Crippen molar-refractivity contribution in [3.05, 3.63) is 83.4 Å². The van der Waals surface area contributed by atoms with E-state index in [9.17, 15) is 18.3 Å². The number of aromatic nitrogens is 2. The number of nitrogens with zero attached hydrogens (tertiary/aromatic N) is 1. The van der Waals surface area contributed by atoms with Gasteiger partial charge in [-0.1, -0.05) is 42.6 Å². The van der Waals surface area contributed by atoms with Crippen LogP contribution in [0.1, 0.15) is 18.3 Å². The molecule has 9 heteroatoms. The largest absolute Gasteiger partial charge is 0.481 e. The maximum Gasteiger partial charge on any atom is 0.315 e. The van der Waals surface area contributed by atoms with Gasteiger partial charge in [0.1, 0.15) is 23.3 Å². The Labute approximate surface area is 190 Å². The number of nitrogens with one attached hydrogen (secondary N) is 1. The molecular formula is C23H18N2O5S2. The molecule has 0 bridgehead atoms. The van der Waals surface area contributed by atoms with Crippen LogP contribution in [0.25, 0.3) is 11.0 Å². The standard InChI is InChI=1S/C23H18N2O5S2/c1-13-19(11-10-16(23(26)27)22(13)32(28)29)30-15-8-6-14(7-9-15)20(31)12-21-24-17-4-2-3-5-18(17)25-21/h2-11,16H,12H2,1H3,(H,24,25)(H,26,27). The third kappa shape index (κ3) is 4.39. The molecule has 1 aromatic heterocycles. The van der Waals surface area contributed by atoms with Crippen molar-refractivity contribution in [2.24, 2.45) is 5.92 Å². The van der Waals surface area contributed by atoms with E-state index >= 15 is 0 Å². The van der Waals surface area contributed by atoms with Crippen LogP contribution in [0.5, 0.6) is 5.75 Å². The van der Waals surface area contributed by atoms with Gasteiger partial charge in [-0.25, -0.2) is 4.98 Å². The Kier molecular flexibility index (Phi) is 6.02. The summed E-state index contributed by atoms with van der Waals surface area (Å²) in [4.78, 5) is 19.6. The van der Waals surface area contributed by atoms with Gasteiger partial charge in [-0.15, -0.1) is 0 Å². The van der Waals surface area contributed by atoms with Gasteiger partial charge in [-0.3, -0.25) is 4.79 Å². The topological polar surface area (TPSA) is 109 Å². The lowest BCUT2D eigenvalue weighted by Gasteiger charge is -2.18. The molecule has 0 saturated heterocycles. The van der Waals surface area contributed by atoms with Gasteiger partial charge in [-0.2, -0.15) is 8.42 Å². The van der Waals surface area contributed by atoms with Crippen molar-refractivity contribution in [3.63, 3.8) is 0 Å². The fourth-order valence-corrected chi connectivity index (χ4v) is 4.47. The quantitative estimate of drug-likeness (QED) is 0.423. The van der Waals surface area contributed by atoms with Crippen LogP contribution < -0.4 is 4.74 Å². The molecule has 7 nitrogen and oxygen atoms in total. The van der Waals surface area contributed by atoms with Gasteiger partial charge < -0.3 is 14.8 Å². The van der Waals surface area contributed by atoms with Crippen molar-refractivity contribution < 1.29 is 23.1 Å². The zero-order chi connectivity index (χ0) is 22.8. The van der Waals surface area contributed by atoms with E-state index in [0.29, 0.717) is 17.0 Å². The number of carbonyl (C=O) groups is 1. The van der Waals surface area contributed by atoms with Gasteiger partial charge in [0.15, 0.2) is 0 Å². The predicted octanol–water partition coefficient (Wildman–Crippen LogP) is 3.50. The number of imidazole rings is 1. The second-order valence-electron chi connectivity index (χ2n) is 7.19. The summed E-state index contributed by atoms with van der Waals surface area (Å²) < 4.78 is 28.9. The van der Waals surface area contributed by atoms with E-state index in [4.69, 9.17) is 17.0 Å². The van der Waals surface area contributed by atoms with Crippen molar-refractivity contribution in [1.29, 1.82) is 0 Å². The summed E-state index contributed by atoms with van der Waals surface area (Å²) in [5, 5.41) is 9.25. The minimum Gasteiger partial charge on any atom is -0.481 e. The Morgan fingerprint density at radius 3 is 2.56 bits per heavy atom. The fourth-order valence-electron chi connectivity index (χ4n) is 3.46. The maximum absolute atomic E-state index is 11.6. The van der Waals surface area contributed by atoms with Gasteiger partial charge >= 0.3 is 5.97 Å². The van der Waals surface area contributed by atoms with Crippen LogP contribution in [0, 0.1) is 5.92 Å². The smallest absolute Gasteiger partial charge is 0.315 e. The Balaban J connectivity index is 1.50. The number of thiocarbonyl (C=S) groups is 1. The minimum absolute atomic E-state index is 0.210. The second kappa shape index (κ2) is 8.89. The number of rotatable bonds is 6. The number of carboxylic acids is 1. The predicted molar refractivity (Wildman–Crippen MR) is 125 cm³/mol. The molecule has 0 fully saturated rings. The number of ether oxygens (including phenoxy) is 1. The molecule has 3 aromatic rings. The fraction of sp³-hybridized carbons (Fsp3) is 0.130. The molecule has 162 valence electrons. The van der Waals surface area contributed by atoms with Crippen molar-refractivity contribution in [3.8, 4) is 5.75 Å². The maximum atomic E-state index is 11.6. The van der Waals surface area contributed by atoms with Crippen LogP contribution >= 0.6 is 12.2 Å². The minimum atomic E-state index is -2.68. The Hall–Kier alpha value is -3.56. The van der Waals surface area contributed by atoms with Crippen LogP contribution in [-0.4, -0.2) is 39.2 Å². The van der Waals surface area contributed by atoms with E-state index in [1.54, 1.807) is 12.1 Å². The highest BCUT2D eigenvalue weighted by Crippen LogP contribution is 2.25. The van der Waals surface area contributed by atoms with Gasteiger partial charge in [0.2, 0.25) is 10.3 Å². The second-order valence-corrected chi connectivity index (χ2v) is 8.59. The Morgan fingerprint density at radius 2 is 1.91 bits per heavy atom. The van der Waals surface area contributed by atoms with E-state index in [1.165, 1.54) is 19.1 Å². The molecule has 1 unspecified atom stereocenters. The summed E-state index contributed by atoms with van der Waals surface area (Å²) in [6.45, 7) is 1.52. The molecule has 2 N–H and O–H groups in total. The highest BCUT2D eigenvalue weighted by molar-refractivity contribution is 7.80. The first-order chi connectivity index (χ1) is 15.3. The lowest BCUT2D eigenvalue weighted by molar-refractivity contribution is -0.138. The molecule has 1 atom stereocenters.